The van der Waals surface area contributed by atoms with Gasteiger partial charge in [0.2, 0.25) is 5.96 Å². The van der Waals surface area contributed by atoms with Crippen LogP contribution in [0.2, 0.25) is 0 Å². The minimum Gasteiger partial charge on any atom is -0.460 e. The Kier molecular flexibility index (Phi) is 8.63. The van der Waals surface area contributed by atoms with E-state index in [1.165, 1.54) is 0 Å². The second-order valence-corrected chi connectivity index (χ2v) is 5.85. The molecule has 2 atom stereocenters. The van der Waals surface area contributed by atoms with E-state index in [0.29, 0.717) is 26.1 Å². The first kappa shape index (κ1) is 20.3. The Morgan fingerprint density at radius 1 is 1.41 bits per heavy atom. The summed E-state index contributed by atoms with van der Waals surface area (Å²) in [6, 6.07) is 0. The highest BCUT2D eigenvalue weighted by Crippen LogP contribution is 2.24. The SMILES string of the molecule is C=C.C=NC(=N)N1CC[C@@H](C(=O)OC(C)(C)C)[C@@H](OCC)C1. The number of hydrogen-bond acceptors (Lipinski definition) is 4. The average molecular weight is 311 g/mol. The number of aliphatic imine (C=N–C) groups is 1. The highest BCUT2D eigenvalue weighted by Gasteiger charge is 2.37. The Hall–Kier alpha value is -1.69. The molecule has 0 amide bonds. The first-order chi connectivity index (χ1) is 10.3. The smallest absolute Gasteiger partial charge is 0.312 e. The standard InChI is InChI=1S/C14H25N3O3.C2H4/c1-6-19-11-9-17(13(15)16-5)8-7-10(11)12(18)20-14(2,3)4;1-2/h10-11,15H,5-9H2,1-4H3;1-2H2/t10-,11+;/m1./s1. The molecule has 0 saturated carbocycles. The van der Waals surface area contributed by atoms with Crippen LogP contribution in [0.4, 0.5) is 0 Å². The average Bonchev–Trinajstić information content (AvgIpc) is 2.47. The molecule has 6 heteroatoms. The summed E-state index contributed by atoms with van der Waals surface area (Å²) in [5.41, 5.74) is -0.500. The van der Waals surface area contributed by atoms with Crippen LogP contribution >= 0.6 is 0 Å². The number of nitrogens with one attached hydrogen (secondary N) is 1. The molecule has 1 heterocycles. The molecule has 0 aromatic heterocycles. The van der Waals surface area contributed by atoms with Crippen LogP contribution < -0.4 is 0 Å². The van der Waals surface area contributed by atoms with Crippen LogP contribution in [-0.2, 0) is 14.3 Å². The molecule has 1 aliphatic rings. The molecule has 0 unspecified atom stereocenters. The predicted octanol–water partition coefficient (Wildman–Crippen LogP) is 2.49. The van der Waals surface area contributed by atoms with Gasteiger partial charge in [-0.25, -0.2) is 4.99 Å². The lowest BCUT2D eigenvalue weighted by Crippen LogP contribution is -2.50. The second kappa shape index (κ2) is 9.35. The first-order valence-electron chi connectivity index (χ1n) is 7.43. The Bertz CT molecular complexity index is 391. The van der Waals surface area contributed by atoms with E-state index < -0.39 is 5.60 Å². The summed E-state index contributed by atoms with van der Waals surface area (Å²) in [5, 5.41) is 7.70. The van der Waals surface area contributed by atoms with Crippen LogP contribution in [-0.4, -0.2) is 54.9 Å². The van der Waals surface area contributed by atoms with E-state index in [2.05, 4.69) is 24.9 Å². The highest BCUT2D eigenvalue weighted by atomic mass is 16.6. The van der Waals surface area contributed by atoms with Crippen LogP contribution in [0.5, 0.6) is 0 Å². The summed E-state index contributed by atoms with van der Waals surface area (Å²) in [4.78, 5) is 17.6. The van der Waals surface area contributed by atoms with Gasteiger partial charge in [-0.2, -0.15) is 0 Å². The number of rotatable bonds is 3. The minimum atomic E-state index is -0.500. The third kappa shape index (κ3) is 6.39. The van der Waals surface area contributed by atoms with E-state index in [0.717, 1.165) is 0 Å². The summed E-state index contributed by atoms with van der Waals surface area (Å²) >= 11 is 0. The molecular weight excluding hydrogens is 282 g/mol. The Morgan fingerprint density at radius 3 is 2.45 bits per heavy atom. The van der Waals surface area contributed by atoms with Gasteiger partial charge in [-0.3, -0.25) is 10.2 Å². The number of nitrogens with zero attached hydrogens (tertiary/aromatic N) is 2. The molecule has 126 valence electrons. The van der Waals surface area contributed by atoms with Crippen molar-refractivity contribution in [3.05, 3.63) is 13.2 Å². The summed E-state index contributed by atoms with van der Waals surface area (Å²) in [7, 11) is 0. The number of hydrogen-bond donors (Lipinski definition) is 1. The van der Waals surface area contributed by atoms with Crippen molar-refractivity contribution in [1.82, 2.24) is 4.90 Å². The lowest BCUT2D eigenvalue weighted by molar-refractivity contribution is -0.168. The van der Waals surface area contributed by atoms with Gasteiger partial charge in [-0.15, -0.1) is 13.2 Å². The maximum absolute atomic E-state index is 12.2. The Morgan fingerprint density at radius 2 is 2.00 bits per heavy atom. The zero-order valence-corrected chi connectivity index (χ0v) is 14.2. The number of esters is 1. The zero-order valence-electron chi connectivity index (χ0n) is 14.2. The lowest BCUT2D eigenvalue weighted by Gasteiger charge is -2.38. The van der Waals surface area contributed by atoms with Crippen molar-refractivity contribution in [2.75, 3.05) is 19.7 Å². The van der Waals surface area contributed by atoms with Gasteiger partial charge in [-0.05, 0) is 40.8 Å². The molecule has 1 saturated heterocycles. The molecule has 1 fully saturated rings. The fourth-order valence-corrected chi connectivity index (χ4v) is 2.24. The monoisotopic (exact) mass is 311 g/mol. The van der Waals surface area contributed by atoms with Gasteiger partial charge in [0, 0.05) is 19.7 Å². The van der Waals surface area contributed by atoms with E-state index in [-0.39, 0.29) is 24.0 Å². The van der Waals surface area contributed by atoms with Crippen molar-refractivity contribution < 1.29 is 14.3 Å². The molecule has 0 spiro atoms. The van der Waals surface area contributed by atoms with Gasteiger partial charge < -0.3 is 14.4 Å². The molecule has 1 aliphatic heterocycles. The molecule has 0 aromatic carbocycles. The topological polar surface area (TPSA) is 75.0 Å². The Labute approximate surface area is 133 Å². The quantitative estimate of drug-likeness (QED) is 0.376. The van der Waals surface area contributed by atoms with Crippen molar-refractivity contribution in [2.24, 2.45) is 10.9 Å². The summed E-state index contributed by atoms with van der Waals surface area (Å²) in [6.07, 6.45) is 0.322. The van der Waals surface area contributed by atoms with Gasteiger partial charge in [-0.1, -0.05) is 0 Å². The summed E-state index contributed by atoms with van der Waals surface area (Å²) in [5.74, 6) is -0.394. The zero-order chi connectivity index (χ0) is 17.3. The summed E-state index contributed by atoms with van der Waals surface area (Å²) in [6.45, 7) is 18.4. The molecule has 22 heavy (non-hydrogen) atoms. The maximum Gasteiger partial charge on any atom is 0.312 e. The third-order valence-corrected chi connectivity index (χ3v) is 3.10. The van der Waals surface area contributed by atoms with E-state index in [4.69, 9.17) is 14.9 Å². The maximum atomic E-state index is 12.2. The van der Waals surface area contributed by atoms with Crippen LogP contribution in [0.1, 0.15) is 34.1 Å². The van der Waals surface area contributed by atoms with Crippen LogP contribution in [0.25, 0.3) is 0 Å². The molecule has 0 bridgehead atoms. The van der Waals surface area contributed by atoms with Crippen LogP contribution in [0.3, 0.4) is 0 Å². The second-order valence-electron chi connectivity index (χ2n) is 5.85. The van der Waals surface area contributed by atoms with Crippen molar-refractivity contribution in [2.45, 2.75) is 45.8 Å². The van der Waals surface area contributed by atoms with E-state index in [1.54, 1.807) is 4.90 Å². The largest absolute Gasteiger partial charge is 0.460 e. The lowest BCUT2D eigenvalue weighted by atomic mass is 9.93. The van der Waals surface area contributed by atoms with Crippen LogP contribution in [0.15, 0.2) is 18.2 Å². The van der Waals surface area contributed by atoms with Crippen LogP contribution in [0, 0.1) is 11.3 Å². The Balaban J connectivity index is 0.00000211. The van der Waals surface area contributed by atoms with Gasteiger partial charge in [0.05, 0.1) is 12.0 Å². The number of piperidine rings is 1. The summed E-state index contributed by atoms with van der Waals surface area (Å²) < 4.78 is 11.1. The molecule has 1 rings (SSSR count). The number of guanidine groups is 1. The minimum absolute atomic E-state index is 0.123. The van der Waals surface area contributed by atoms with Crippen molar-refractivity contribution in [1.29, 1.82) is 5.41 Å². The van der Waals surface area contributed by atoms with E-state index >= 15 is 0 Å². The normalized spacial score (nSPS) is 21.4. The predicted molar refractivity (Wildman–Crippen MR) is 89.5 cm³/mol. The van der Waals surface area contributed by atoms with Crippen molar-refractivity contribution in [3.63, 3.8) is 0 Å². The van der Waals surface area contributed by atoms with E-state index in [1.807, 2.05) is 27.7 Å². The fraction of sp³-hybridized carbons (Fsp3) is 0.688. The fourth-order valence-electron chi connectivity index (χ4n) is 2.24. The third-order valence-electron chi connectivity index (χ3n) is 3.10. The van der Waals surface area contributed by atoms with Crippen molar-refractivity contribution >= 4 is 18.6 Å². The number of ether oxygens (including phenoxy) is 2. The molecule has 0 radical (unpaired) electrons. The van der Waals surface area contributed by atoms with Gasteiger partial charge in [0.15, 0.2) is 0 Å². The number of carbonyl (C=O) groups excluding carboxylic acids is 1. The van der Waals surface area contributed by atoms with Gasteiger partial charge >= 0.3 is 5.97 Å². The number of likely N-dealkylation sites (tertiary alicyclic amines) is 1. The molecular formula is C16H29N3O3. The molecule has 6 nitrogen and oxygen atoms in total. The van der Waals surface area contributed by atoms with E-state index in [9.17, 15) is 4.79 Å². The molecule has 0 aromatic rings. The number of carbonyl (C=O) groups is 1. The van der Waals surface area contributed by atoms with Gasteiger partial charge in [0.25, 0.3) is 0 Å². The molecule has 1 N–H and O–H groups in total. The highest BCUT2D eigenvalue weighted by molar-refractivity contribution is 5.82. The van der Waals surface area contributed by atoms with Crippen molar-refractivity contribution in [3.8, 4) is 0 Å². The van der Waals surface area contributed by atoms with Gasteiger partial charge in [0.1, 0.15) is 5.60 Å². The first-order valence-corrected chi connectivity index (χ1v) is 7.43. The molecule has 0 aliphatic carbocycles.